The number of carbonyl (C=O) groups excluding carboxylic acids is 3. The van der Waals surface area contributed by atoms with Gasteiger partial charge in [-0.2, -0.15) is 0 Å². The lowest BCUT2D eigenvalue weighted by Crippen LogP contribution is -2.52. The molecule has 9 rings (SSSR count). The molecule has 5 aliphatic heterocycles. The fraction of sp³-hybridized carbons (Fsp3) is 0.425. The Bertz CT molecular complexity index is 2180. The molecule has 284 valence electrons. The third-order valence-corrected chi connectivity index (χ3v) is 12.1. The second-order valence-corrected chi connectivity index (χ2v) is 15.3. The van der Waals surface area contributed by atoms with Crippen molar-refractivity contribution in [3.8, 4) is 22.9 Å². The molecule has 3 N–H and O–H groups in total. The first-order valence-electron chi connectivity index (χ1n) is 19.0. The van der Waals surface area contributed by atoms with Crippen molar-refractivity contribution in [2.75, 3.05) is 36.4 Å². The van der Waals surface area contributed by atoms with Gasteiger partial charge in [0.15, 0.2) is 17.4 Å². The fourth-order valence-corrected chi connectivity index (χ4v) is 9.01. The number of hydrogen-bond donors (Lipinski definition) is 3. The molecule has 3 saturated heterocycles. The van der Waals surface area contributed by atoms with Crippen LogP contribution in [0.1, 0.15) is 78.5 Å². The molecule has 14 nitrogen and oxygen atoms in total. The molecule has 0 spiro atoms. The summed E-state index contributed by atoms with van der Waals surface area (Å²) in [6, 6.07) is 11.7. The Kier molecular flexibility index (Phi) is 8.83. The number of nitrogens with zero attached hydrogens (tertiary/aromatic N) is 7. The monoisotopic (exact) mass is 747 g/mol. The van der Waals surface area contributed by atoms with Gasteiger partial charge in [-0.05, 0) is 80.1 Å². The number of benzene rings is 2. The van der Waals surface area contributed by atoms with E-state index in [-0.39, 0.29) is 35.4 Å². The zero-order valence-corrected chi connectivity index (χ0v) is 30.5. The number of rotatable bonds is 8. The van der Waals surface area contributed by atoms with Crippen molar-refractivity contribution < 1.29 is 28.6 Å². The number of nitrogens with one attached hydrogen (secondary N) is 2. The Morgan fingerprint density at radius 3 is 2.65 bits per heavy atom. The maximum atomic E-state index is 14.1. The van der Waals surface area contributed by atoms with Crippen molar-refractivity contribution in [3.05, 3.63) is 83.1 Å². The molecule has 2 aromatic carbocycles. The highest BCUT2D eigenvalue weighted by Crippen LogP contribution is 2.45. The number of halogens is 1. The molecule has 2 aromatic heterocycles. The van der Waals surface area contributed by atoms with E-state index in [1.54, 1.807) is 23.4 Å². The van der Waals surface area contributed by atoms with E-state index >= 15 is 0 Å². The van der Waals surface area contributed by atoms with Crippen LogP contribution in [0.25, 0.3) is 11.3 Å². The lowest BCUT2D eigenvalue weighted by Gasteiger charge is -2.43. The summed E-state index contributed by atoms with van der Waals surface area (Å²) in [6.07, 6.45) is 7.43. The maximum Gasteiger partial charge on any atom is 0.255 e. The largest absolute Gasteiger partial charge is 0.504 e. The van der Waals surface area contributed by atoms with Crippen LogP contribution in [0.5, 0.6) is 11.6 Å². The van der Waals surface area contributed by atoms with E-state index in [2.05, 4.69) is 48.6 Å². The number of aromatic nitrogens is 4. The van der Waals surface area contributed by atoms with Crippen molar-refractivity contribution >= 4 is 29.2 Å². The summed E-state index contributed by atoms with van der Waals surface area (Å²) in [5.41, 5.74) is 4.86. The standard InChI is InChI=1S/C40H42FN9O5/c1-2-40-16-27(21-50(40)33-15-31(46-47-37(33)44-22-40)28-4-3-5-30(41)36(28)52)55-35-18-42-26(17-43-35)20-48-12-10-23(11-13-48)24-6-7-25-19-49(39(54)29(25)14-24)32-8-9-34(51)45-38(32)53/h3-7,14-15,17-18,23,27,32,52H,2,8-13,16,19-22H2,1H3,(H,44,47)(H,45,51,53)/t27-,32+,40+/m1/s1. The van der Waals surface area contributed by atoms with Crippen LogP contribution in [0.4, 0.5) is 15.9 Å². The second-order valence-electron chi connectivity index (χ2n) is 15.3. The van der Waals surface area contributed by atoms with Gasteiger partial charge in [-0.25, -0.2) is 9.37 Å². The quantitative estimate of drug-likeness (QED) is 0.221. The maximum absolute atomic E-state index is 14.1. The van der Waals surface area contributed by atoms with Gasteiger partial charge in [0.2, 0.25) is 17.7 Å². The van der Waals surface area contributed by atoms with E-state index in [4.69, 9.17) is 9.72 Å². The minimum absolute atomic E-state index is 0.140. The van der Waals surface area contributed by atoms with E-state index in [1.807, 2.05) is 18.2 Å². The highest BCUT2D eigenvalue weighted by Gasteiger charge is 2.49. The van der Waals surface area contributed by atoms with Gasteiger partial charge < -0.3 is 25.0 Å². The minimum atomic E-state index is -0.710. The SMILES string of the molecule is CC[C@]12CNc3nnc(-c4cccc(F)c4O)cc3N1C[C@H](Oc1cnc(CN3CCC(c4ccc5c(c4)C(=O)N([C@H]4CCC(=O)NC4=O)C5)CC3)cn1)C2. The number of amides is 3. The fourth-order valence-electron chi connectivity index (χ4n) is 9.01. The number of fused-ring (bicyclic) bond motifs is 4. The number of likely N-dealkylation sites (tertiary alicyclic amines) is 1. The molecule has 7 heterocycles. The van der Waals surface area contributed by atoms with Crippen LogP contribution >= 0.6 is 0 Å². The van der Waals surface area contributed by atoms with Gasteiger partial charge in [0, 0.05) is 43.6 Å². The summed E-state index contributed by atoms with van der Waals surface area (Å²) in [5.74, 6) is -0.554. The van der Waals surface area contributed by atoms with Crippen LogP contribution in [0, 0.1) is 5.82 Å². The summed E-state index contributed by atoms with van der Waals surface area (Å²) >= 11 is 0. The van der Waals surface area contributed by atoms with Crippen LogP contribution in [-0.4, -0.2) is 96.7 Å². The van der Waals surface area contributed by atoms with Crippen LogP contribution in [-0.2, 0) is 22.7 Å². The zero-order valence-electron chi connectivity index (χ0n) is 30.5. The Morgan fingerprint density at radius 1 is 1.02 bits per heavy atom. The third-order valence-electron chi connectivity index (χ3n) is 12.1. The molecule has 4 aromatic rings. The Morgan fingerprint density at radius 2 is 1.87 bits per heavy atom. The van der Waals surface area contributed by atoms with Gasteiger partial charge in [-0.15, -0.1) is 10.2 Å². The summed E-state index contributed by atoms with van der Waals surface area (Å²) in [4.78, 5) is 53.0. The number of para-hydroxylation sites is 1. The van der Waals surface area contributed by atoms with Gasteiger partial charge in [0.25, 0.3) is 5.91 Å². The van der Waals surface area contributed by atoms with Crippen molar-refractivity contribution in [1.82, 2.24) is 35.3 Å². The van der Waals surface area contributed by atoms with Gasteiger partial charge in [-0.3, -0.25) is 29.6 Å². The molecule has 5 aliphatic rings. The number of aromatic hydroxyl groups is 1. The summed E-state index contributed by atoms with van der Waals surface area (Å²) in [7, 11) is 0. The Hall–Kier alpha value is -5.70. The van der Waals surface area contributed by atoms with Gasteiger partial charge in [0.1, 0.15) is 12.1 Å². The van der Waals surface area contributed by atoms with E-state index in [0.29, 0.717) is 61.5 Å². The summed E-state index contributed by atoms with van der Waals surface area (Å²) in [6.45, 7) is 6.25. The number of hydrogen-bond acceptors (Lipinski definition) is 12. The van der Waals surface area contributed by atoms with Crippen molar-refractivity contribution in [1.29, 1.82) is 0 Å². The first kappa shape index (κ1) is 35.0. The second kappa shape index (κ2) is 13.9. The van der Waals surface area contributed by atoms with Crippen LogP contribution in [0.15, 0.2) is 54.9 Å². The molecule has 0 unspecified atom stereocenters. The van der Waals surface area contributed by atoms with Crippen LogP contribution < -0.4 is 20.3 Å². The van der Waals surface area contributed by atoms with Gasteiger partial charge in [0.05, 0.1) is 41.6 Å². The van der Waals surface area contributed by atoms with Crippen molar-refractivity contribution in [2.24, 2.45) is 0 Å². The highest BCUT2D eigenvalue weighted by molar-refractivity contribution is 6.05. The molecule has 0 saturated carbocycles. The summed E-state index contributed by atoms with van der Waals surface area (Å²) in [5, 5.41) is 24.8. The van der Waals surface area contributed by atoms with Crippen molar-refractivity contribution in [2.45, 2.75) is 82.1 Å². The average molecular weight is 748 g/mol. The Balaban J connectivity index is 0.801. The summed E-state index contributed by atoms with van der Waals surface area (Å²) < 4.78 is 20.6. The zero-order chi connectivity index (χ0) is 37.8. The molecule has 3 fully saturated rings. The van der Waals surface area contributed by atoms with Crippen LogP contribution in [0.2, 0.25) is 0 Å². The number of carbonyl (C=O) groups is 3. The molecule has 0 bridgehead atoms. The molecule has 15 heteroatoms. The smallest absolute Gasteiger partial charge is 0.255 e. The molecule has 55 heavy (non-hydrogen) atoms. The normalized spacial score (nSPS) is 23.9. The molecule has 0 radical (unpaired) electrons. The first-order valence-corrected chi connectivity index (χ1v) is 19.0. The lowest BCUT2D eigenvalue weighted by molar-refractivity contribution is -0.136. The third kappa shape index (κ3) is 6.39. The van der Waals surface area contributed by atoms with E-state index in [9.17, 15) is 23.9 Å². The molecule has 0 aliphatic carbocycles. The number of anilines is 2. The topological polar surface area (TPSA) is 166 Å². The predicted octanol–water partition coefficient (Wildman–Crippen LogP) is 4.15. The number of imide groups is 1. The molecule has 3 atom stereocenters. The highest BCUT2D eigenvalue weighted by atomic mass is 19.1. The first-order chi connectivity index (χ1) is 26.7. The number of ether oxygens (including phenoxy) is 1. The average Bonchev–Trinajstić information content (AvgIpc) is 3.74. The van der Waals surface area contributed by atoms with E-state index in [1.165, 1.54) is 12.1 Å². The molecular formula is C40H42FN9O5. The lowest BCUT2D eigenvalue weighted by atomic mass is 9.88. The van der Waals surface area contributed by atoms with Crippen LogP contribution in [0.3, 0.4) is 0 Å². The number of phenols is 1. The number of piperidine rings is 2. The van der Waals surface area contributed by atoms with Gasteiger partial charge >= 0.3 is 0 Å². The van der Waals surface area contributed by atoms with E-state index in [0.717, 1.165) is 61.3 Å². The number of phenolic OH excluding ortho intramolecular Hbond substituents is 1. The van der Waals surface area contributed by atoms with Crippen molar-refractivity contribution in [3.63, 3.8) is 0 Å². The Labute approximate surface area is 317 Å². The molecular weight excluding hydrogens is 705 g/mol. The molecule has 3 amide bonds. The van der Waals surface area contributed by atoms with E-state index < -0.39 is 23.5 Å². The van der Waals surface area contributed by atoms with Gasteiger partial charge in [-0.1, -0.05) is 25.1 Å². The minimum Gasteiger partial charge on any atom is -0.504 e. The predicted molar refractivity (Wildman–Crippen MR) is 199 cm³/mol.